The summed E-state index contributed by atoms with van der Waals surface area (Å²) in [5, 5.41) is 2.13. The normalized spacial score (nSPS) is 21.5. The van der Waals surface area contributed by atoms with Gasteiger partial charge in [0.05, 0.1) is 19.3 Å². The van der Waals surface area contributed by atoms with Gasteiger partial charge in [-0.25, -0.2) is 0 Å². The highest BCUT2D eigenvalue weighted by molar-refractivity contribution is 7.10. The Bertz CT molecular complexity index is 700. The van der Waals surface area contributed by atoms with Crippen LogP contribution in [0.5, 0.6) is 0 Å². The highest BCUT2D eigenvalue weighted by atomic mass is 32.1. The molecule has 24 heavy (non-hydrogen) atoms. The van der Waals surface area contributed by atoms with Crippen molar-refractivity contribution in [3.63, 3.8) is 0 Å². The molecule has 1 unspecified atom stereocenters. The molecule has 3 heterocycles. The van der Waals surface area contributed by atoms with E-state index in [9.17, 15) is 4.79 Å². The van der Waals surface area contributed by atoms with Crippen molar-refractivity contribution in [1.82, 2.24) is 9.80 Å². The van der Waals surface area contributed by atoms with Crippen LogP contribution in [0.2, 0.25) is 0 Å². The lowest BCUT2D eigenvalue weighted by molar-refractivity contribution is -0.135. The van der Waals surface area contributed by atoms with Crippen molar-refractivity contribution in [2.75, 3.05) is 32.8 Å². The summed E-state index contributed by atoms with van der Waals surface area (Å²) in [7, 11) is 0. The summed E-state index contributed by atoms with van der Waals surface area (Å²) in [6, 6.07) is 12.4. The third kappa shape index (κ3) is 3.38. The van der Waals surface area contributed by atoms with E-state index in [1.54, 1.807) is 0 Å². The highest BCUT2D eigenvalue weighted by Crippen LogP contribution is 2.25. The number of morpholine rings is 1. The summed E-state index contributed by atoms with van der Waals surface area (Å²) in [5.41, 5.74) is 2.51. The smallest absolute Gasteiger partial charge is 0.237 e. The van der Waals surface area contributed by atoms with Gasteiger partial charge >= 0.3 is 0 Å². The van der Waals surface area contributed by atoms with Gasteiger partial charge in [-0.3, -0.25) is 9.69 Å². The Morgan fingerprint density at radius 2 is 2.08 bits per heavy atom. The minimum absolute atomic E-state index is 0.0672. The van der Waals surface area contributed by atoms with E-state index in [0.29, 0.717) is 13.2 Å². The maximum absolute atomic E-state index is 12.7. The molecule has 1 saturated heterocycles. The SMILES string of the molecule is O=C(CN1CCOC(c2ccccc2)C1)N1CCc2sccc2C1. The molecular weight excluding hydrogens is 320 g/mol. The van der Waals surface area contributed by atoms with Gasteiger partial charge in [0.1, 0.15) is 0 Å². The minimum Gasteiger partial charge on any atom is -0.371 e. The van der Waals surface area contributed by atoms with Gasteiger partial charge in [0.2, 0.25) is 5.91 Å². The molecule has 1 aromatic carbocycles. The average Bonchev–Trinajstić information content (AvgIpc) is 3.10. The van der Waals surface area contributed by atoms with Gasteiger partial charge in [-0.15, -0.1) is 11.3 Å². The summed E-state index contributed by atoms with van der Waals surface area (Å²) in [4.78, 5) is 18.4. The lowest BCUT2D eigenvalue weighted by Gasteiger charge is -2.35. The molecular formula is C19H22N2O2S. The fourth-order valence-corrected chi connectivity index (χ4v) is 4.36. The minimum atomic E-state index is 0.0672. The number of nitrogens with zero attached hydrogens (tertiary/aromatic N) is 2. The third-order valence-corrected chi connectivity index (χ3v) is 5.86. The second-order valence-electron chi connectivity index (χ2n) is 6.44. The predicted octanol–water partition coefficient (Wildman–Crippen LogP) is 2.71. The first-order valence-corrected chi connectivity index (χ1v) is 9.39. The summed E-state index contributed by atoms with van der Waals surface area (Å²) in [6.07, 6.45) is 1.06. The van der Waals surface area contributed by atoms with Crippen molar-refractivity contribution in [2.24, 2.45) is 0 Å². The second-order valence-corrected chi connectivity index (χ2v) is 7.44. The Morgan fingerprint density at radius 1 is 1.21 bits per heavy atom. The standard InChI is InChI=1S/C19H22N2O2S/c22-19(21-8-6-18-16(12-21)7-11-24-18)14-20-9-10-23-17(13-20)15-4-2-1-3-5-15/h1-5,7,11,17H,6,8-10,12-14H2. The van der Waals surface area contributed by atoms with Crippen LogP contribution in [0.3, 0.4) is 0 Å². The van der Waals surface area contributed by atoms with Crippen LogP contribution in [-0.4, -0.2) is 48.5 Å². The molecule has 0 bridgehead atoms. The topological polar surface area (TPSA) is 32.8 Å². The number of thiophene rings is 1. The fourth-order valence-electron chi connectivity index (χ4n) is 3.47. The van der Waals surface area contributed by atoms with Gasteiger partial charge < -0.3 is 9.64 Å². The first-order valence-electron chi connectivity index (χ1n) is 8.51. The van der Waals surface area contributed by atoms with Crippen molar-refractivity contribution in [3.05, 3.63) is 57.8 Å². The molecule has 1 aromatic heterocycles. The van der Waals surface area contributed by atoms with Crippen LogP contribution >= 0.6 is 11.3 Å². The molecule has 1 fully saturated rings. The zero-order valence-electron chi connectivity index (χ0n) is 13.7. The third-order valence-electron chi connectivity index (χ3n) is 4.84. The number of fused-ring (bicyclic) bond motifs is 1. The van der Waals surface area contributed by atoms with Crippen LogP contribution < -0.4 is 0 Å². The number of hydrogen-bond donors (Lipinski definition) is 0. The maximum atomic E-state index is 12.7. The Morgan fingerprint density at radius 3 is 2.96 bits per heavy atom. The average molecular weight is 342 g/mol. The summed E-state index contributed by atoms with van der Waals surface area (Å²) >= 11 is 1.81. The van der Waals surface area contributed by atoms with Gasteiger partial charge in [0.15, 0.2) is 0 Å². The fraction of sp³-hybridized carbons (Fsp3) is 0.421. The Hall–Kier alpha value is -1.69. The van der Waals surface area contributed by atoms with Crippen molar-refractivity contribution >= 4 is 17.2 Å². The van der Waals surface area contributed by atoms with E-state index >= 15 is 0 Å². The molecule has 4 rings (SSSR count). The molecule has 2 aliphatic rings. The van der Waals surface area contributed by atoms with Gasteiger partial charge in [-0.05, 0) is 29.0 Å². The molecule has 0 aliphatic carbocycles. The molecule has 2 aliphatic heterocycles. The van der Waals surface area contributed by atoms with E-state index in [4.69, 9.17) is 4.74 Å². The van der Waals surface area contributed by atoms with Crippen molar-refractivity contribution in [2.45, 2.75) is 19.1 Å². The Labute approximate surface area is 146 Å². The molecule has 0 spiro atoms. The largest absolute Gasteiger partial charge is 0.371 e. The molecule has 1 amide bonds. The van der Waals surface area contributed by atoms with Gasteiger partial charge in [-0.1, -0.05) is 30.3 Å². The van der Waals surface area contributed by atoms with Gasteiger partial charge in [-0.2, -0.15) is 0 Å². The first-order chi connectivity index (χ1) is 11.8. The molecule has 126 valence electrons. The van der Waals surface area contributed by atoms with E-state index < -0.39 is 0 Å². The van der Waals surface area contributed by atoms with Crippen LogP contribution in [0.1, 0.15) is 22.1 Å². The van der Waals surface area contributed by atoms with Crippen LogP contribution in [0.4, 0.5) is 0 Å². The zero-order chi connectivity index (χ0) is 16.4. The van der Waals surface area contributed by atoms with E-state index in [1.165, 1.54) is 16.0 Å². The molecule has 0 radical (unpaired) electrons. The lowest BCUT2D eigenvalue weighted by Crippen LogP contribution is -2.46. The zero-order valence-corrected chi connectivity index (χ0v) is 14.5. The van der Waals surface area contributed by atoms with E-state index in [2.05, 4.69) is 28.5 Å². The van der Waals surface area contributed by atoms with Crippen LogP contribution in [-0.2, 0) is 22.5 Å². The highest BCUT2D eigenvalue weighted by Gasteiger charge is 2.27. The molecule has 4 nitrogen and oxygen atoms in total. The van der Waals surface area contributed by atoms with Gasteiger partial charge in [0, 0.05) is 31.1 Å². The summed E-state index contributed by atoms with van der Waals surface area (Å²) < 4.78 is 5.89. The van der Waals surface area contributed by atoms with E-state index in [1.807, 2.05) is 34.4 Å². The number of amides is 1. The summed E-state index contributed by atoms with van der Waals surface area (Å²) in [5.74, 6) is 0.237. The Kier molecular flexibility index (Phi) is 4.65. The van der Waals surface area contributed by atoms with E-state index in [-0.39, 0.29) is 12.0 Å². The quantitative estimate of drug-likeness (QED) is 0.860. The Balaban J connectivity index is 1.36. The predicted molar refractivity (Wildman–Crippen MR) is 95.0 cm³/mol. The number of ether oxygens (including phenoxy) is 1. The lowest BCUT2D eigenvalue weighted by atomic mass is 10.1. The van der Waals surface area contributed by atoms with Crippen molar-refractivity contribution < 1.29 is 9.53 Å². The molecule has 0 saturated carbocycles. The van der Waals surface area contributed by atoms with E-state index in [0.717, 1.165) is 32.6 Å². The number of carbonyl (C=O) groups is 1. The van der Waals surface area contributed by atoms with Crippen LogP contribution in [0.25, 0.3) is 0 Å². The van der Waals surface area contributed by atoms with Crippen molar-refractivity contribution in [3.8, 4) is 0 Å². The number of rotatable bonds is 3. The molecule has 5 heteroatoms. The first kappa shape index (κ1) is 15.8. The molecule has 0 N–H and O–H groups in total. The van der Waals surface area contributed by atoms with Crippen LogP contribution in [0.15, 0.2) is 41.8 Å². The number of carbonyl (C=O) groups excluding carboxylic acids is 1. The van der Waals surface area contributed by atoms with Gasteiger partial charge in [0.25, 0.3) is 0 Å². The second kappa shape index (κ2) is 7.05. The number of benzene rings is 1. The molecule has 2 aromatic rings. The maximum Gasteiger partial charge on any atom is 0.237 e. The number of hydrogen-bond acceptors (Lipinski definition) is 4. The summed E-state index contributed by atoms with van der Waals surface area (Å²) in [6.45, 7) is 4.40. The van der Waals surface area contributed by atoms with Crippen LogP contribution in [0, 0.1) is 0 Å². The monoisotopic (exact) mass is 342 g/mol. The van der Waals surface area contributed by atoms with Crippen molar-refractivity contribution in [1.29, 1.82) is 0 Å². The molecule has 1 atom stereocenters.